The first-order valence-corrected chi connectivity index (χ1v) is 6.56. The van der Waals surface area contributed by atoms with Crippen LogP contribution in [0, 0.1) is 5.92 Å². The summed E-state index contributed by atoms with van der Waals surface area (Å²) in [6, 6.07) is 5.18. The highest BCUT2D eigenvalue weighted by Gasteiger charge is 2.15. The Morgan fingerprint density at radius 1 is 1.29 bits per heavy atom. The molecule has 1 N–H and O–H groups in total. The molecule has 2 unspecified atom stereocenters. The lowest BCUT2D eigenvalue weighted by molar-refractivity contribution is -0.124. The van der Waals surface area contributed by atoms with E-state index < -0.39 is 0 Å². The molecule has 5 heteroatoms. The van der Waals surface area contributed by atoms with Gasteiger partial charge in [0.15, 0.2) is 0 Å². The summed E-state index contributed by atoms with van der Waals surface area (Å²) in [4.78, 5) is 11.7. The minimum Gasteiger partial charge on any atom is -0.349 e. The topological polar surface area (TPSA) is 29.1 Å². The summed E-state index contributed by atoms with van der Waals surface area (Å²) < 4.78 is 0. The molecule has 1 amide bonds. The molecule has 0 bridgehead atoms. The Balaban J connectivity index is 2.73. The molecule has 0 saturated carbocycles. The number of hydrogen-bond acceptors (Lipinski definition) is 1. The van der Waals surface area contributed by atoms with Crippen LogP contribution in [0.4, 0.5) is 0 Å². The van der Waals surface area contributed by atoms with Gasteiger partial charge >= 0.3 is 0 Å². The molecular weight excluding hydrogens is 280 g/mol. The largest absolute Gasteiger partial charge is 0.349 e. The summed E-state index contributed by atoms with van der Waals surface area (Å²) in [7, 11) is 0. The van der Waals surface area contributed by atoms with E-state index in [4.69, 9.17) is 34.8 Å². The molecule has 1 aromatic carbocycles. The second-order valence-corrected chi connectivity index (χ2v) is 5.08. The number of alkyl halides is 1. The minimum absolute atomic E-state index is 0.0708. The molecule has 1 rings (SSSR count). The van der Waals surface area contributed by atoms with Gasteiger partial charge in [-0.25, -0.2) is 0 Å². The Hall–Kier alpha value is -0.440. The molecule has 0 aliphatic carbocycles. The monoisotopic (exact) mass is 293 g/mol. The molecule has 0 fully saturated rings. The van der Waals surface area contributed by atoms with E-state index in [9.17, 15) is 4.79 Å². The van der Waals surface area contributed by atoms with E-state index in [1.807, 2.05) is 13.0 Å². The molecule has 2 nitrogen and oxygen atoms in total. The normalized spacial score (nSPS) is 14.2. The van der Waals surface area contributed by atoms with Gasteiger partial charge in [0.25, 0.3) is 0 Å². The smallest absolute Gasteiger partial charge is 0.224 e. The molecule has 0 aliphatic rings. The van der Waals surface area contributed by atoms with Crippen LogP contribution in [-0.2, 0) is 4.79 Å². The SMILES string of the molecule is CC(CCl)C(=O)NC(C)c1ccc(Cl)c(Cl)c1. The second kappa shape index (κ2) is 6.48. The number of carbonyl (C=O) groups excluding carboxylic acids is 1. The number of amides is 1. The van der Waals surface area contributed by atoms with E-state index in [2.05, 4.69) is 5.32 Å². The van der Waals surface area contributed by atoms with E-state index in [1.54, 1.807) is 19.1 Å². The van der Waals surface area contributed by atoms with Gasteiger partial charge in [0.2, 0.25) is 5.91 Å². The lowest BCUT2D eigenvalue weighted by atomic mass is 10.1. The van der Waals surface area contributed by atoms with Crippen molar-refractivity contribution in [1.29, 1.82) is 0 Å². The quantitative estimate of drug-likeness (QED) is 0.834. The zero-order chi connectivity index (χ0) is 13.0. The number of halogens is 3. The lowest BCUT2D eigenvalue weighted by Crippen LogP contribution is -2.32. The van der Waals surface area contributed by atoms with E-state index in [1.165, 1.54) is 0 Å². The van der Waals surface area contributed by atoms with E-state index >= 15 is 0 Å². The highest BCUT2D eigenvalue weighted by Crippen LogP contribution is 2.25. The van der Waals surface area contributed by atoms with Crippen molar-refractivity contribution in [2.75, 3.05) is 5.88 Å². The highest BCUT2D eigenvalue weighted by molar-refractivity contribution is 6.42. The second-order valence-electron chi connectivity index (χ2n) is 3.96. The number of hydrogen-bond donors (Lipinski definition) is 1. The van der Waals surface area contributed by atoms with Crippen molar-refractivity contribution < 1.29 is 4.79 Å². The van der Waals surface area contributed by atoms with Gasteiger partial charge in [-0.1, -0.05) is 36.2 Å². The van der Waals surface area contributed by atoms with Crippen molar-refractivity contribution in [1.82, 2.24) is 5.32 Å². The van der Waals surface area contributed by atoms with E-state index in [0.29, 0.717) is 15.9 Å². The van der Waals surface area contributed by atoms with Crippen LogP contribution in [0.2, 0.25) is 10.0 Å². The summed E-state index contributed by atoms with van der Waals surface area (Å²) >= 11 is 17.4. The van der Waals surface area contributed by atoms with Crippen molar-refractivity contribution >= 4 is 40.7 Å². The van der Waals surface area contributed by atoms with Crippen molar-refractivity contribution in [3.8, 4) is 0 Å². The maximum Gasteiger partial charge on any atom is 0.224 e. The molecule has 0 radical (unpaired) electrons. The summed E-state index contributed by atoms with van der Waals surface area (Å²) in [5.74, 6) is 0.0281. The fourth-order valence-electron chi connectivity index (χ4n) is 1.29. The van der Waals surface area contributed by atoms with E-state index in [-0.39, 0.29) is 17.9 Å². The average molecular weight is 295 g/mol. The van der Waals surface area contributed by atoms with Crippen molar-refractivity contribution in [2.45, 2.75) is 19.9 Å². The summed E-state index contributed by atoms with van der Waals surface area (Å²) in [6.45, 7) is 3.67. The molecule has 0 aliphatic heterocycles. The predicted molar refractivity (Wildman–Crippen MR) is 72.9 cm³/mol. The van der Waals surface area contributed by atoms with E-state index in [0.717, 1.165) is 5.56 Å². The van der Waals surface area contributed by atoms with Crippen LogP contribution in [0.15, 0.2) is 18.2 Å². The van der Waals surface area contributed by atoms with Crippen molar-refractivity contribution in [2.24, 2.45) is 5.92 Å². The standard InChI is InChI=1S/C12H14Cl3NO/c1-7(6-13)12(17)16-8(2)9-3-4-10(14)11(15)5-9/h3-5,7-8H,6H2,1-2H3,(H,16,17). The van der Waals surface area contributed by atoms with Crippen LogP contribution in [0.1, 0.15) is 25.5 Å². The Morgan fingerprint density at radius 3 is 2.47 bits per heavy atom. The molecule has 2 atom stereocenters. The first-order valence-electron chi connectivity index (χ1n) is 5.27. The van der Waals surface area contributed by atoms with Gasteiger partial charge in [-0.15, -0.1) is 11.6 Å². The summed E-state index contributed by atoms with van der Waals surface area (Å²) in [5, 5.41) is 3.85. The Labute approximate surface area is 116 Å². The highest BCUT2D eigenvalue weighted by atomic mass is 35.5. The van der Waals surface area contributed by atoms with Gasteiger partial charge in [-0.3, -0.25) is 4.79 Å². The fourth-order valence-corrected chi connectivity index (χ4v) is 1.74. The van der Waals surface area contributed by atoms with Crippen molar-refractivity contribution in [3.63, 3.8) is 0 Å². The van der Waals surface area contributed by atoms with Crippen LogP contribution in [0.5, 0.6) is 0 Å². The van der Waals surface area contributed by atoms with Gasteiger partial charge in [0, 0.05) is 11.8 Å². The lowest BCUT2D eigenvalue weighted by Gasteiger charge is -2.17. The molecular formula is C12H14Cl3NO. The maximum absolute atomic E-state index is 11.7. The number of rotatable bonds is 4. The van der Waals surface area contributed by atoms with Crippen LogP contribution in [-0.4, -0.2) is 11.8 Å². The fraction of sp³-hybridized carbons (Fsp3) is 0.417. The predicted octanol–water partition coefficient (Wildman–Crippen LogP) is 4.05. The minimum atomic E-state index is -0.207. The zero-order valence-electron chi connectivity index (χ0n) is 9.64. The van der Waals surface area contributed by atoms with Crippen molar-refractivity contribution in [3.05, 3.63) is 33.8 Å². The van der Waals surface area contributed by atoms with Crippen LogP contribution in [0.3, 0.4) is 0 Å². The van der Waals surface area contributed by atoms with Gasteiger partial charge in [0.05, 0.1) is 16.1 Å². The average Bonchev–Trinajstić information content (AvgIpc) is 2.31. The molecule has 1 aromatic rings. The number of benzene rings is 1. The third kappa shape index (κ3) is 4.06. The van der Waals surface area contributed by atoms with Gasteiger partial charge in [-0.05, 0) is 24.6 Å². The molecule has 0 aromatic heterocycles. The molecule has 0 heterocycles. The third-order valence-corrected chi connectivity index (χ3v) is 3.68. The summed E-state index contributed by atoms with van der Waals surface area (Å²) in [6.07, 6.45) is 0. The van der Waals surface area contributed by atoms with Crippen LogP contribution >= 0.6 is 34.8 Å². The molecule has 94 valence electrons. The number of carbonyl (C=O) groups is 1. The Bertz CT molecular complexity index is 409. The van der Waals surface area contributed by atoms with Crippen LogP contribution in [0.25, 0.3) is 0 Å². The number of nitrogens with one attached hydrogen (secondary N) is 1. The Kier molecular flexibility index (Phi) is 5.57. The molecule has 0 saturated heterocycles. The first-order chi connectivity index (χ1) is 7.95. The van der Waals surface area contributed by atoms with Gasteiger partial charge in [-0.2, -0.15) is 0 Å². The molecule has 17 heavy (non-hydrogen) atoms. The van der Waals surface area contributed by atoms with Gasteiger partial charge in [0.1, 0.15) is 0 Å². The van der Waals surface area contributed by atoms with Gasteiger partial charge < -0.3 is 5.32 Å². The first kappa shape index (κ1) is 14.6. The third-order valence-electron chi connectivity index (χ3n) is 2.48. The zero-order valence-corrected chi connectivity index (χ0v) is 11.9. The summed E-state index contributed by atoms with van der Waals surface area (Å²) in [5.41, 5.74) is 0.912. The molecule has 0 spiro atoms. The van der Waals surface area contributed by atoms with Crippen LogP contribution < -0.4 is 5.32 Å². The maximum atomic E-state index is 11.7. The Morgan fingerprint density at radius 2 is 1.94 bits per heavy atom.